The van der Waals surface area contributed by atoms with Gasteiger partial charge in [0.05, 0.1) is 29.9 Å². The van der Waals surface area contributed by atoms with E-state index in [-0.39, 0.29) is 29.5 Å². The number of hydrogen-bond donors (Lipinski definition) is 1. The van der Waals surface area contributed by atoms with Gasteiger partial charge in [-0.1, -0.05) is 41.9 Å². The van der Waals surface area contributed by atoms with Crippen molar-refractivity contribution in [2.45, 2.75) is 19.8 Å². The van der Waals surface area contributed by atoms with E-state index >= 15 is 0 Å². The molecule has 0 unspecified atom stereocenters. The number of para-hydroxylation sites is 1. The van der Waals surface area contributed by atoms with Gasteiger partial charge in [0.1, 0.15) is 11.6 Å². The summed E-state index contributed by atoms with van der Waals surface area (Å²) in [6, 6.07) is 14.5. The highest BCUT2D eigenvalue weighted by Crippen LogP contribution is 2.33. The number of nitrogens with zero attached hydrogens (tertiary/aromatic N) is 3. The quantitative estimate of drug-likeness (QED) is 0.234. The van der Waals surface area contributed by atoms with Crippen LogP contribution in [0.5, 0.6) is 11.5 Å². The summed E-state index contributed by atoms with van der Waals surface area (Å²) in [5.41, 5.74) is 0.963. The molecule has 0 aliphatic heterocycles. The molecular formula is C27H23Br2FN4O4. The van der Waals surface area contributed by atoms with Gasteiger partial charge in [0, 0.05) is 20.4 Å². The predicted octanol–water partition coefficient (Wildman–Crippen LogP) is 6.09. The molecule has 0 saturated heterocycles. The summed E-state index contributed by atoms with van der Waals surface area (Å²) in [4.78, 5) is 30.2. The third kappa shape index (κ3) is 6.11. The molecule has 0 aliphatic rings. The molecule has 0 radical (unpaired) electrons. The number of aromatic nitrogens is 2. The van der Waals surface area contributed by atoms with Crippen LogP contribution in [0.25, 0.3) is 10.9 Å². The second kappa shape index (κ2) is 11.9. The Hall–Kier alpha value is -3.57. The molecule has 0 atom stereocenters. The zero-order valence-corrected chi connectivity index (χ0v) is 23.8. The molecule has 0 saturated carbocycles. The number of carbonyl (C=O) groups excluding carboxylic acids is 1. The van der Waals surface area contributed by atoms with Crippen molar-refractivity contribution in [1.29, 1.82) is 0 Å². The SMILES string of the molecule is COc1cc(C=Nn2c(C(C)C)nc3ccc(Br)cc3c2=O)c(Br)cc1OCC(=O)Nc1ccccc1F. The van der Waals surface area contributed by atoms with Crippen LogP contribution in [0.2, 0.25) is 0 Å². The summed E-state index contributed by atoms with van der Waals surface area (Å²) in [6.07, 6.45) is 1.51. The number of ether oxygens (including phenoxy) is 2. The van der Waals surface area contributed by atoms with Gasteiger partial charge in [-0.05, 0) is 58.4 Å². The average Bonchev–Trinajstić information content (AvgIpc) is 2.89. The van der Waals surface area contributed by atoms with Gasteiger partial charge < -0.3 is 14.8 Å². The number of fused-ring (bicyclic) bond motifs is 1. The summed E-state index contributed by atoms with van der Waals surface area (Å²) >= 11 is 6.88. The van der Waals surface area contributed by atoms with Crippen LogP contribution in [-0.2, 0) is 4.79 Å². The Kier molecular flexibility index (Phi) is 8.58. The highest BCUT2D eigenvalue weighted by Gasteiger charge is 2.15. The van der Waals surface area contributed by atoms with Gasteiger partial charge in [0.25, 0.3) is 11.5 Å². The van der Waals surface area contributed by atoms with Crippen LogP contribution in [0.3, 0.4) is 0 Å². The number of benzene rings is 3. The zero-order valence-electron chi connectivity index (χ0n) is 20.7. The first kappa shape index (κ1) is 27.5. The lowest BCUT2D eigenvalue weighted by Crippen LogP contribution is -2.23. The van der Waals surface area contributed by atoms with Crippen molar-refractivity contribution in [1.82, 2.24) is 9.66 Å². The monoisotopic (exact) mass is 644 g/mol. The van der Waals surface area contributed by atoms with Crippen molar-refractivity contribution in [3.05, 3.63) is 91.1 Å². The molecule has 0 spiro atoms. The van der Waals surface area contributed by atoms with Crippen LogP contribution in [0.15, 0.2) is 73.4 Å². The Bertz CT molecular complexity index is 1600. The Morgan fingerprint density at radius 1 is 1.16 bits per heavy atom. The fourth-order valence-electron chi connectivity index (χ4n) is 3.59. The number of anilines is 1. The maximum absolute atomic E-state index is 13.8. The topological polar surface area (TPSA) is 94.8 Å². The first-order valence-corrected chi connectivity index (χ1v) is 13.1. The molecule has 1 amide bonds. The van der Waals surface area contributed by atoms with E-state index < -0.39 is 11.7 Å². The lowest BCUT2D eigenvalue weighted by atomic mass is 10.2. The molecule has 8 nitrogen and oxygen atoms in total. The number of methoxy groups -OCH3 is 1. The lowest BCUT2D eigenvalue weighted by molar-refractivity contribution is -0.118. The van der Waals surface area contributed by atoms with Crippen molar-refractivity contribution in [2.75, 3.05) is 19.0 Å². The fraction of sp³-hybridized carbons (Fsp3) is 0.185. The smallest absolute Gasteiger partial charge is 0.282 e. The van der Waals surface area contributed by atoms with Crippen molar-refractivity contribution in [3.8, 4) is 11.5 Å². The molecule has 196 valence electrons. The van der Waals surface area contributed by atoms with E-state index in [1.165, 1.54) is 36.2 Å². The summed E-state index contributed by atoms with van der Waals surface area (Å²) < 4.78 is 27.5. The largest absolute Gasteiger partial charge is 0.493 e. The van der Waals surface area contributed by atoms with E-state index in [9.17, 15) is 14.0 Å². The molecule has 3 aromatic carbocycles. The zero-order chi connectivity index (χ0) is 27.4. The number of nitrogens with one attached hydrogen (secondary N) is 1. The Labute approximate surface area is 234 Å². The second-order valence-corrected chi connectivity index (χ2v) is 10.3. The summed E-state index contributed by atoms with van der Waals surface area (Å²) in [6.45, 7) is 3.51. The first-order valence-electron chi connectivity index (χ1n) is 11.5. The molecule has 0 aliphatic carbocycles. The number of halogens is 3. The molecule has 11 heteroatoms. The molecule has 1 aromatic heterocycles. The van der Waals surface area contributed by atoms with Gasteiger partial charge in [0.2, 0.25) is 0 Å². The van der Waals surface area contributed by atoms with Crippen LogP contribution in [0.1, 0.15) is 31.2 Å². The predicted molar refractivity (Wildman–Crippen MR) is 152 cm³/mol. The summed E-state index contributed by atoms with van der Waals surface area (Å²) in [5.74, 6) is 0.0127. The molecule has 4 rings (SSSR count). The van der Waals surface area contributed by atoms with E-state index in [0.29, 0.717) is 32.5 Å². The van der Waals surface area contributed by atoms with Crippen LogP contribution >= 0.6 is 31.9 Å². The number of carbonyl (C=O) groups is 1. The minimum absolute atomic E-state index is 0.0582. The van der Waals surface area contributed by atoms with E-state index in [1.807, 2.05) is 19.9 Å². The maximum atomic E-state index is 13.8. The number of rotatable bonds is 8. The Morgan fingerprint density at radius 2 is 1.92 bits per heavy atom. The highest BCUT2D eigenvalue weighted by atomic mass is 79.9. The third-order valence-corrected chi connectivity index (χ3v) is 6.63. The van der Waals surface area contributed by atoms with Crippen LogP contribution in [-0.4, -0.2) is 35.5 Å². The fourth-order valence-corrected chi connectivity index (χ4v) is 4.37. The van der Waals surface area contributed by atoms with Crippen molar-refractivity contribution in [3.63, 3.8) is 0 Å². The Balaban J connectivity index is 1.60. The van der Waals surface area contributed by atoms with Crippen LogP contribution in [0, 0.1) is 5.82 Å². The van der Waals surface area contributed by atoms with Gasteiger partial charge in [-0.15, -0.1) is 0 Å². The maximum Gasteiger partial charge on any atom is 0.282 e. The van der Waals surface area contributed by atoms with E-state index in [1.54, 1.807) is 30.3 Å². The molecule has 0 bridgehead atoms. The molecule has 38 heavy (non-hydrogen) atoms. The normalized spacial score (nSPS) is 11.3. The third-order valence-electron chi connectivity index (χ3n) is 5.45. The van der Waals surface area contributed by atoms with Gasteiger partial charge in [-0.3, -0.25) is 9.59 Å². The lowest BCUT2D eigenvalue weighted by Gasteiger charge is -2.14. The van der Waals surface area contributed by atoms with Crippen LogP contribution in [0.4, 0.5) is 10.1 Å². The standard InChI is InChI=1S/C27H23Br2FN4O4/c1-15(2)26-33-21-9-8-17(28)11-18(21)27(36)34(26)31-13-16-10-23(37-3)24(12-19(16)29)38-14-25(35)32-22-7-5-4-6-20(22)30/h4-13,15H,14H2,1-3H3,(H,32,35). The van der Waals surface area contributed by atoms with E-state index in [0.717, 1.165) is 4.47 Å². The minimum atomic E-state index is -0.543. The summed E-state index contributed by atoms with van der Waals surface area (Å²) in [5, 5.41) is 7.35. The number of hydrogen-bond acceptors (Lipinski definition) is 6. The Morgan fingerprint density at radius 3 is 2.63 bits per heavy atom. The molecule has 4 aromatic rings. The molecule has 1 heterocycles. The van der Waals surface area contributed by atoms with Gasteiger partial charge in [-0.25, -0.2) is 9.37 Å². The van der Waals surface area contributed by atoms with Gasteiger partial charge in [0.15, 0.2) is 18.1 Å². The van der Waals surface area contributed by atoms with E-state index in [4.69, 9.17) is 9.47 Å². The molecular weight excluding hydrogens is 623 g/mol. The minimum Gasteiger partial charge on any atom is -0.493 e. The van der Waals surface area contributed by atoms with Crippen molar-refractivity contribution in [2.24, 2.45) is 5.10 Å². The van der Waals surface area contributed by atoms with Crippen molar-refractivity contribution < 1.29 is 18.7 Å². The first-order chi connectivity index (χ1) is 18.2. The van der Waals surface area contributed by atoms with Gasteiger partial charge in [-0.2, -0.15) is 9.78 Å². The molecule has 0 fully saturated rings. The summed E-state index contributed by atoms with van der Waals surface area (Å²) in [7, 11) is 1.46. The average molecular weight is 646 g/mol. The van der Waals surface area contributed by atoms with Crippen LogP contribution < -0.4 is 20.3 Å². The van der Waals surface area contributed by atoms with E-state index in [2.05, 4.69) is 47.3 Å². The number of amides is 1. The highest BCUT2D eigenvalue weighted by molar-refractivity contribution is 9.10. The molecule has 1 N–H and O–H groups in total. The second-order valence-electron chi connectivity index (χ2n) is 8.49. The van der Waals surface area contributed by atoms with Gasteiger partial charge >= 0.3 is 0 Å². The van der Waals surface area contributed by atoms with Crippen molar-refractivity contribution >= 4 is 60.6 Å².